The Morgan fingerprint density at radius 1 is 1.00 bits per heavy atom. The van der Waals surface area contributed by atoms with E-state index >= 15 is 0 Å². The number of carbonyl (C=O) groups is 2. The molecule has 6 heteroatoms. The summed E-state index contributed by atoms with van der Waals surface area (Å²) >= 11 is 5.74. The molecule has 0 N–H and O–H groups in total. The van der Waals surface area contributed by atoms with Gasteiger partial charge in [-0.1, -0.05) is 23.7 Å². The van der Waals surface area contributed by atoms with Crippen LogP contribution >= 0.6 is 11.6 Å². The van der Waals surface area contributed by atoms with E-state index in [0.717, 1.165) is 29.3 Å². The van der Waals surface area contributed by atoms with Crippen LogP contribution in [0.2, 0.25) is 5.02 Å². The van der Waals surface area contributed by atoms with E-state index in [-0.39, 0.29) is 5.02 Å². The average molecular weight is 349 g/mol. The summed E-state index contributed by atoms with van der Waals surface area (Å²) in [5, 5.41) is -0.0467. The van der Waals surface area contributed by atoms with Crippen molar-refractivity contribution < 1.29 is 23.5 Å². The first-order valence-electron chi connectivity index (χ1n) is 6.99. The Morgan fingerprint density at radius 2 is 1.58 bits per heavy atom. The molecule has 2 rings (SSSR count). The molecule has 0 aliphatic carbocycles. The third-order valence-corrected chi connectivity index (χ3v) is 3.19. The summed E-state index contributed by atoms with van der Waals surface area (Å²) in [6, 6.07) is 9.18. The van der Waals surface area contributed by atoms with E-state index in [1.165, 1.54) is 12.1 Å². The molecule has 0 saturated carbocycles. The summed E-state index contributed by atoms with van der Waals surface area (Å²) in [7, 11) is 0. The highest BCUT2D eigenvalue weighted by Gasteiger charge is 2.12. The lowest BCUT2D eigenvalue weighted by molar-refractivity contribution is -0.131. The molecule has 0 aromatic heterocycles. The van der Waals surface area contributed by atoms with Gasteiger partial charge < -0.3 is 9.47 Å². The molecule has 0 heterocycles. The molecule has 0 aliphatic rings. The lowest BCUT2D eigenvalue weighted by Gasteiger charge is -2.05. The minimum Gasteiger partial charge on any atom is -0.423 e. The third kappa shape index (κ3) is 4.93. The predicted octanol–water partition coefficient (Wildman–Crippen LogP) is 4.16. The molecule has 124 valence electrons. The lowest BCUT2D eigenvalue weighted by atomic mass is 10.1. The van der Waals surface area contributed by atoms with Gasteiger partial charge in [-0.05, 0) is 49.2 Å². The maximum Gasteiger partial charge on any atom is 0.336 e. The van der Waals surface area contributed by atoms with Gasteiger partial charge in [0.2, 0.25) is 0 Å². The van der Waals surface area contributed by atoms with Gasteiger partial charge in [0.05, 0.1) is 5.02 Å². The van der Waals surface area contributed by atoms with Crippen LogP contribution in [0.4, 0.5) is 4.39 Å². The van der Waals surface area contributed by atoms with Crippen LogP contribution in [0.15, 0.2) is 48.6 Å². The van der Waals surface area contributed by atoms with Gasteiger partial charge in [-0.15, -0.1) is 0 Å². The van der Waals surface area contributed by atoms with Crippen LogP contribution in [0, 0.1) is 19.7 Å². The zero-order valence-corrected chi connectivity index (χ0v) is 13.8. The van der Waals surface area contributed by atoms with Crippen molar-refractivity contribution in [3.63, 3.8) is 0 Å². The van der Waals surface area contributed by atoms with Crippen molar-refractivity contribution in [1.29, 1.82) is 0 Å². The molecule has 0 fully saturated rings. The van der Waals surface area contributed by atoms with Crippen LogP contribution in [-0.4, -0.2) is 11.9 Å². The quantitative estimate of drug-likeness (QED) is 0.473. The molecule has 0 amide bonds. The van der Waals surface area contributed by atoms with Gasteiger partial charge in [0.15, 0.2) is 11.6 Å². The van der Waals surface area contributed by atoms with Gasteiger partial charge >= 0.3 is 11.9 Å². The molecular formula is C18H14ClFO4. The van der Waals surface area contributed by atoms with Crippen LogP contribution in [0.25, 0.3) is 0 Å². The van der Waals surface area contributed by atoms with Crippen LogP contribution in [0.3, 0.4) is 0 Å². The second-order valence-electron chi connectivity index (χ2n) is 5.05. The van der Waals surface area contributed by atoms with Gasteiger partial charge in [0, 0.05) is 12.2 Å². The Labute approximate surface area is 143 Å². The number of halogens is 2. The molecule has 0 unspecified atom stereocenters. The van der Waals surface area contributed by atoms with Crippen molar-refractivity contribution in [1.82, 2.24) is 0 Å². The van der Waals surface area contributed by atoms with Gasteiger partial charge in [-0.2, -0.15) is 0 Å². The van der Waals surface area contributed by atoms with Crippen LogP contribution < -0.4 is 9.47 Å². The summed E-state index contributed by atoms with van der Waals surface area (Å²) in [4.78, 5) is 23.3. The Balaban J connectivity index is 1.99. The normalized spacial score (nSPS) is 10.7. The molecule has 0 bridgehead atoms. The fourth-order valence-corrected chi connectivity index (χ4v) is 2.19. The van der Waals surface area contributed by atoms with Gasteiger partial charge in [-0.3, -0.25) is 0 Å². The monoisotopic (exact) mass is 348 g/mol. The van der Waals surface area contributed by atoms with E-state index < -0.39 is 23.5 Å². The Kier molecular flexibility index (Phi) is 5.71. The second-order valence-corrected chi connectivity index (χ2v) is 5.46. The highest BCUT2D eigenvalue weighted by Crippen LogP contribution is 2.27. The number of ether oxygens (including phenoxy) is 2. The van der Waals surface area contributed by atoms with Crippen molar-refractivity contribution in [2.75, 3.05) is 0 Å². The predicted molar refractivity (Wildman–Crippen MR) is 87.7 cm³/mol. The van der Waals surface area contributed by atoms with Crippen LogP contribution in [0.1, 0.15) is 11.1 Å². The first-order chi connectivity index (χ1) is 11.3. The molecule has 4 nitrogen and oxygen atoms in total. The van der Waals surface area contributed by atoms with E-state index in [1.54, 1.807) is 12.1 Å². The van der Waals surface area contributed by atoms with Gasteiger partial charge in [0.1, 0.15) is 5.75 Å². The second kappa shape index (κ2) is 7.75. The SMILES string of the molecule is Cc1cc(C)cc(OC(=O)/C=C/C(=O)Oc2c(F)cccc2Cl)c1. The molecule has 0 aliphatic heterocycles. The smallest absolute Gasteiger partial charge is 0.336 e. The van der Waals surface area contributed by atoms with Gasteiger partial charge in [-0.25, -0.2) is 14.0 Å². The van der Waals surface area contributed by atoms with Crippen molar-refractivity contribution in [3.8, 4) is 11.5 Å². The Morgan fingerprint density at radius 3 is 2.17 bits per heavy atom. The standard InChI is InChI=1S/C18H14ClFO4/c1-11-8-12(2)10-13(9-11)23-16(21)6-7-17(22)24-18-14(19)4-3-5-15(18)20/h3-10H,1-2H3/b7-6+. The van der Waals surface area contributed by atoms with Crippen LogP contribution in [-0.2, 0) is 9.59 Å². The number of para-hydroxylation sites is 1. The number of aryl methyl sites for hydroxylation is 2. The summed E-state index contributed by atoms with van der Waals surface area (Å²) < 4.78 is 23.4. The van der Waals surface area contributed by atoms with E-state index in [4.69, 9.17) is 21.1 Å². The number of hydrogen-bond donors (Lipinski definition) is 0. The molecule has 0 spiro atoms. The minimum absolute atomic E-state index is 0.0467. The Bertz CT molecular complexity index is 774. The maximum absolute atomic E-state index is 13.5. The lowest BCUT2D eigenvalue weighted by Crippen LogP contribution is -2.09. The highest BCUT2D eigenvalue weighted by atomic mass is 35.5. The van der Waals surface area contributed by atoms with E-state index in [0.29, 0.717) is 5.75 Å². The maximum atomic E-state index is 13.5. The zero-order valence-electron chi connectivity index (χ0n) is 13.0. The topological polar surface area (TPSA) is 52.6 Å². The van der Waals surface area contributed by atoms with Crippen molar-refractivity contribution in [2.24, 2.45) is 0 Å². The fourth-order valence-electron chi connectivity index (χ4n) is 1.99. The summed E-state index contributed by atoms with van der Waals surface area (Å²) in [6.45, 7) is 3.74. The average Bonchev–Trinajstić information content (AvgIpc) is 2.48. The number of hydrogen-bond acceptors (Lipinski definition) is 4. The number of carbonyl (C=O) groups excluding carboxylic acids is 2. The van der Waals surface area contributed by atoms with Gasteiger partial charge in [0.25, 0.3) is 0 Å². The summed E-state index contributed by atoms with van der Waals surface area (Å²) in [6.07, 6.45) is 1.74. The number of esters is 2. The molecule has 2 aromatic rings. The molecule has 0 saturated heterocycles. The van der Waals surface area contributed by atoms with E-state index in [1.807, 2.05) is 19.9 Å². The number of benzene rings is 2. The van der Waals surface area contributed by atoms with Crippen molar-refractivity contribution in [2.45, 2.75) is 13.8 Å². The first-order valence-corrected chi connectivity index (χ1v) is 7.37. The minimum atomic E-state index is -0.945. The van der Waals surface area contributed by atoms with Crippen molar-refractivity contribution >= 4 is 23.5 Å². The van der Waals surface area contributed by atoms with Crippen LogP contribution in [0.5, 0.6) is 11.5 Å². The summed E-state index contributed by atoms with van der Waals surface area (Å²) in [5.74, 6) is -2.50. The van der Waals surface area contributed by atoms with Crippen molar-refractivity contribution in [3.05, 3.63) is 70.5 Å². The van der Waals surface area contributed by atoms with E-state index in [9.17, 15) is 14.0 Å². The fraction of sp³-hybridized carbons (Fsp3) is 0.111. The highest BCUT2D eigenvalue weighted by molar-refractivity contribution is 6.32. The number of rotatable bonds is 4. The summed E-state index contributed by atoms with van der Waals surface area (Å²) in [5.41, 5.74) is 1.88. The first kappa shape index (κ1) is 17.7. The molecule has 0 atom stereocenters. The molecule has 0 radical (unpaired) electrons. The Hall–Kier alpha value is -2.66. The molecule has 2 aromatic carbocycles. The largest absolute Gasteiger partial charge is 0.423 e. The molecule has 24 heavy (non-hydrogen) atoms. The zero-order chi connectivity index (χ0) is 17.7. The molecular weight excluding hydrogens is 335 g/mol. The third-order valence-electron chi connectivity index (χ3n) is 2.89. The van der Waals surface area contributed by atoms with E-state index in [2.05, 4.69) is 0 Å².